The van der Waals surface area contributed by atoms with E-state index in [9.17, 15) is 14.3 Å². The normalized spacial score (nSPS) is 21.3. The van der Waals surface area contributed by atoms with E-state index in [1.165, 1.54) is 18.2 Å². The lowest BCUT2D eigenvalue weighted by Crippen LogP contribution is -2.36. The number of rotatable bonds is 5. The second-order valence-electron chi connectivity index (χ2n) is 6.21. The van der Waals surface area contributed by atoms with Gasteiger partial charge in [0, 0.05) is 49.4 Å². The molecule has 0 bridgehead atoms. The number of aryl methyl sites for hydroxylation is 1. The van der Waals surface area contributed by atoms with Crippen molar-refractivity contribution in [3.05, 3.63) is 52.6 Å². The van der Waals surface area contributed by atoms with Gasteiger partial charge >= 0.3 is 0 Å². The number of amides is 1. The number of nitrogens with one attached hydrogen (secondary N) is 2. The van der Waals surface area contributed by atoms with E-state index in [4.69, 9.17) is 11.6 Å². The third-order valence-electron chi connectivity index (χ3n) is 4.51. The Balaban J connectivity index is 1.64. The molecule has 1 aromatic carbocycles. The summed E-state index contributed by atoms with van der Waals surface area (Å²) in [6.45, 7) is 1.13. The van der Waals surface area contributed by atoms with Crippen LogP contribution in [0.4, 0.5) is 4.39 Å². The summed E-state index contributed by atoms with van der Waals surface area (Å²) in [5, 5.41) is 20.4. The largest absolute Gasteiger partial charge is 0.386 e. The van der Waals surface area contributed by atoms with Crippen LogP contribution in [-0.4, -0.2) is 40.4 Å². The molecule has 2 heterocycles. The zero-order valence-electron chi connectivity index (χ0n) is 13.7. The highest BCUT2D eigenvalue weighted by atomic mass is 35.5. The molecule has 0 spiro atoms. The number of carbonyl (C=O) groups excluding carboxylic acids is 1. The van der Waals surface area contributed by atoms with E-state index in [1.807, 2.05) is 13.2 Å². The van der Waals surface area contributed by atoms with E-state index in [0.29, 0.717) is 13.1 Å². The third kappa shape index (κ3) is 3.84. The van der Waals surface area contributed by atoms with Gasteiger partial charge in [-0.3, -0.25) is 9.48 Å². The summed E-state index contributed by atoms with van der Waals surface area (Å²) < 4.78 is 15.5. The van der Waals surface area contributed by atoms with Gasteiger partial charge in [-0.2, -0.15) is 5.10 Å². The predicted octanol–water partition coefficient (Wildman–Crippen LogP) is 1.37. The first-order valence-corrected chi connectivity index (χ1v) is 8.44. The van der Waals surface area contributed by atoms with Gasteiger partial charge in [-0.15, -0.1) is 0 Å². The van der Waals surface area contributed by atoms with Gasteiger partial charge in [-0.05, 0) is 17.7 Å². The van der Waals surface area contributed by atoms with E-state index in [-0.39, 0.29) is 34.9 Å². The molecule has 1 aliphatic rings. The van der Waals surface area contributed by atoms with E-state index in [2.05, 4.69) is 15.7 Å². The molecule has 25 heavy (non-hydrogen) atoms. The third-order valence-corrected chi connectivity index (χ3v) is 4.84. The molecule has 1 amide bonds. The molecule has 1 unspecified atom stereocenters. The standard InChI is InChI=1S/C17H20ClFN4O2/c1-23-9-10(5-22-23)11-6-20-7-12(11)17(25)21-8-15(24)16-13(18)3-2-4-14(16)19/h2-5,9,11-12,15,20,24H,6-8H2,1H3,(H,21,25)/t11-,12+,15?/m1/s1. The Morgan fingerprint density at radius 2 is 2.36 bits per heavy atom. The summed E-state index contributed by atoms with van der Waals surface area (Å²) in [5.41, 5.74) is 0.989. The number of carbonyl (C=O) groups is 1. The van der Waals surface area contributed by atoms with Crippen molar-refractivity contribution in [2.24, 2.45) is 13.0 Å². The maximum Gasteiger partial charge on any atom is 0.225 e. The second kappa shape index (κ2) is 7.51. The molecule has 3 atom stereocenters. The summed E-state index contributed by atoms with van der Waals surface area (Å²) in [5.74, 6) is -1.04. The summed E-state index contributed by atoms with van der Waals surface area (Å²) in [6.07, 6.45) is 2.45. The molecule has 0 saturated carbocycles. The van der Waals surface area contributed by atoms with Gasteiger partial charge in [0.15, 0.2) is 0 Å². The Morgan fingerprint density at radius 3 is 3.04 bits per heavy atom. The minimum absolute atomic E-state index is 0.00202. The Kier molecular flexibility index (Phi) is 5.36. The van der Waals surface area contributed by atoms with Crippen LogP contribution in [0, 0.1) is 11.7 Å². The average Bonchev–Trinajstić information content (AvgIpc) is 3.21. The van der Waals surface area contributed by atoms with Crippen LogP contribution in [0.5, 0.6) is 0 Å². The first-order valence-electron chi connectivity index (χ1n) is 8.06. The summed E-state index contributed by atoms with van der Waals surface area (Å²) in [4.78, 5) is 12.5. The highest BCUT2D eigenvalue weighted by molar-refractivity contribution is 6.31. The average molecular weight is 367 g/mol. The highest BCUT2D eigenvalue weighted by Crippen LogP contribution is 2.29. The Labute approximate surface area is 150 Å². The molecule has 1 fully saturated rings. The first kappa shape index (κ1) is 17.8. The fraction of sp³-hybridized carbons (Fsp3) is 0.412. The molecule has 3 N–H and O–H groups in total. The zero-order chi connectivity index (χ0) is 18.0. The maximum atomic E-state index is 13.8. The minimum Gasteiger partial charge on any atom is -0.386 e. The fourth-order valence-electron chi connectivity index (χ4n) is 3.20. The molecule has 3 rings (SSSR count). The SMILES string of the molecule is Cn1cc([C@H]2CNC[C@@H]2C(=O)NCC(O)c2c(F)cccc2Cl)cn1. The summed E-state index contributed by atoms with van der Waals surface area (Å²) in [7, 11) is 1.83. The molecule has 1 aromatic heterocycles. The number of aliphatic hydroxyl groups is 1. The quantitative estimate of drug-likeness (QED) is 0.746. The van der Waals surface area contributed by atoms with Crippen molar-refractivity contribution in [3.8, 4) is 0 Å². The second-order valence-corrected chi connectivity index (χ2v) is 6.62. The van der Waals surface area contributed by atoms with Crippen molar-refractivity contribution in [2.45, 2.75) is 12.0 Å². The van der Waals surface area contributed by atoms with Crippen molar-refractivity contribution in [1.29, 1.82) is 0 Å². The van der Waals surface area contributed by atoms with E-state index in [0.717, 1.165) is 5.56 Å². The highest BCUT2D eigenvalue weighted by Gasteiger charge is 2.34. The van der Waals surface area contributed by atoms with Crippen molar-refractivity contribution >= 4 is 17.5 Å². The van der Waals surface area contributed by atoms with Crippen LogP contribution in [-0.2, 0) is 11.8 Å². The smallest absolute Gasteiger partial charge is 0.225 e. The lowest BCUT2D eigenvalue weighted by atomic mass is 9.90. The number of aromatic nitrogens is 2. The molecule has 2 aromatic rings. The fourth-order valence-corrected chi connectivity index (χ4v) is 3.48. The first-order chi connectivity index (χ1) is 12.0. The van der Waals surface area contributed by atoms with E-state index in [1.54, 1.807) is 10.9 Å². The monoisotopic (exact) mass is 366 g/mol. The van der Waals surface area contributed by atoms with Gasteiger partial charge < -0.3 is 15.7 Å². The lowest BCUT2D eigenvalue weighted by Gasteiger charge is -2.19. The number of hydrogen-bond acceptors (Lipinski definition) is 4. The van der Waals surface area contributed by atoms with E-state index < -0.39 is 11.9 Å². The molecule has 0 aliphatic carbocycles. The number of benzene rings is 1. The number of nitrogens with zero attached hydrogens (tertiary/aromatic N) is 2. The lowest BCUT2D eigenvalue weighted by molar-refractivity contribution is -0.125. The van der Waals surface area contributed by atoms with E-state index >= 15 is 0 Å². The van der Waals surface area contributed by atoms with Crippen LogP contribution >= 0.6 is 11.6 Å². The number of halogens is 2. The molecule has 134 valence electrons. The topological polar surface area (TPSA) is 79.2 Å². The van der Waals surface area contributed by atoms with Crippen molar-refractivity contribution in [2.75, 3.05) is 19.6 Å². The molecule has 1 aliphatic heterocycles. The molecular weight excluding hydrogens is 347 g/mol. The molecule has 6 nitrogen and oxygen atoms in total. The minimum atomic E-state index is -1.20. The van der Waals surface area contributed by atoms with Crippen LogP contribution < -0.4 is 10.6 Å². The Hall–Kier alpha value is -1.96. The molecular formula is C17H20ClFN4O2. The van der Waals surface area contributed by atoms with Crippen LogP contribution in [0.25, 0.3) is 0 Å². The van der Waals surface area contributed by atoms with Crippen molar-refractivity contribution in [1.82, 2.24) is 20.4 Å². The Morgan fingerprint density at radius 1 is 1.56 bits per heavy atom. The van der Waals surface area contributed by atoms with Crippen LogP contribution in [0.3, 0.4) is 0 Å². The Bertz CT molecular complexity index is 747. The van der Waals surface area contributed by atoms with Gasteiger partial charge in [0.1, 0.15) is 11.9 Å². The predicted molar refractivity (Wildman–Crippen MR) is 91.7 cm³/mol. The van der Waals surface area contributed by atoms with Crippen LogP contribution in [0.15, 0.2) is 30.6 Å². The van der Waals surface area contributed by atoms with Crippen LogP contribution in [0.2, 0.25) is 5.02 Å². The molecule has 8 heteroatoms. The van der Waals surface area contributed by atoms with Gasteiger partial charge in [0.25, 0.3) is 0 Å². The maximum absolute atomic E-state index is 13.8. The molecule has 0 radical (unpaired) electrons. The number of hydrogen-bond donors (Lipinski definition) is 3. The van der Waals surface area contributed by atoms with Crippen molar-refractivity contribution in [3.63, 3.8) is 0 Å². The van der Waals surface area contributed by atoms with Gasteiger partial charge in [0.2, 0.25) is 5.91 Å². The summed E-state index contributed by atoms with van der Waals surface area (Å²) in [6, 6.07) is 4.20. The van der Waals surface area contributed by atoms with Crippen molar-refractivity contribution < 1.29 is 14.3 Å². The van der Waals surface area contributed by atoms with Crippen LogP contribution in [0.1, 0.15) is 23.1 Å². The zero-order valence-corrected chi connectivity index (χ0v) is 14.5. The molecule has 1 saturated heterocycles. The van der Waals surface area contributed by atoms with Gasteiger partial charge in [0.05, 0.1) is 12.1 Å². The summed E-state index contributed by atoms with van der Waals surface area (Å²) >= 11 is 5.94. The van der Waals surface area contributed by atoms with Gasteiger partial charge in [-0.25, -0.2) is 4.39 Å². The number of aliphatic hydroxyl groups excluding tert-OH is 1. The van der Waals surface area contributed by atoms with Gasteiger partial charge in [-0.1, -0.05) is 17.7 Å².